The highest BCUT2D eigenvalue weighted by Crippen LogP contribution is 2.26. The number of hydrogen-bond donors (Lipinski definition) is 1. The number of nitrogens with one attached hydrogen (secondary N) is 1. The van der Waals surface area contributed by atoms with E-state index in [2.05, 4.69) is 16.3 Å². The molecule has 1 saturated heterocycles. The zero-order valence-corrected chi connectivity index (χ0v) is 14.8. The van der Waals surface area contributed by atoms with Gasteiger partial charge in [0, 0.05) is 39.4 Å². The zero-order valence-electron chi connectivity index (χ0n) is 14.8. The molecule has 1 heterocycles. The van der Waals surface area contributed by atoms with Crippen molar-refractivity contribution in [1.29, 1.82) is 5.26 Å². The molecule has 0 radical (unpaired) electrons. The molecule has 0 saturated carbocycles. The van der Waals surface area contributed by atoms with Crippen LogP contribution in [0.25, 0.3) is 0 Å². The maximum atomic E-state index is 9.55. The van der Waals surface area contributed by atoms with Crippen molar-refractivity contribution >= 4 is 0 Å². The molecule has 6 heteroatoms. The van der Waals surface area contributed by atoms with Crippen LogP contribution in [0.3, 0.4) is 0 Å². The SMILES string of the molecule is COCCNC1(C#N)CCN(Cc2cc(OC)cc(OC)c2)CC1. The van der Waals surface area contributed by atoms with Crippen LogP contribution in [0.5, 0.6) is 11.5 Å². The Labute approximate surface area is 144 Å². The minimum atomic E-state index is -0.429. The molecular weight excluding hydrogens is 306 g/mol. The van der Waals surface area contributed by atoms with Crippen molar-refractivity contribution in [1.82, 2.24) is 10.2 Å². The highest BCUT2D eigenvalue weighted by atomic mass is 16.5. The van der Waals surface area contributed by atoms with Gasteiger partial charge in [0.15, 0.2) is 0 Å². The maximum absolute atomic E-state index is 9.55. The van der Waals surface area contributed by atoms with Gasteiger partial charge in [-0.3, -0.25) is 10.2 Å². The lowest BCUT2D eigenvalue weighted by molar-refractivity contribution is 0.144. The summed E-state index contributed by atoms with van der Waals surface area (Å²) in [5.41, 5.74) is 0.726. The van der Waals surface area contributed by atoms with Crippen LogP contribution in [-0.4, -0.2) is 58.0 Å². The second-order valence-corrected chi connectivity index (χ2v) is 6.11. The molecule has 1 aliphatic heterocycles. The van der Waals surface area contributed by atoms with Crippen LogP contribution in [0.1, 0.15) is 18.4 Å². The summed E-state index contributed by atoms with van der Waals surface area (Å²) in [6, 6.07) is 8.41. The van der Waals surface area contributed by atoms with Crippen molar-refractivity contribution in [2.75, 3.05) is 47.6 Å². The van der Waals surface area contributed by atoms with E-state index in [1.807, 2.05) is 18.2 Å². The molecule has 132 valence electrons. The smallest absolute Gasteiger partial charge is 0.122 e. The molecular formula is C18H27N3O3. The number of methoxy groups -OCH3 is 3. The van der Waals surface area contributed by atoms with Crippen LogP contribution in [-0.2, 0) is 11.3 Å². The van der Waals surface area contributed by atoms with Gasteiger partial charge in [0.25, 0.3) is 0 Å². The van der Waals surface area contributed by atoms with E-state index in [1.165, 1.54) is 0 Å². The van der Waals surface area contributed by atoms with E-state index in [1.54, 1.807) is 21.3 Å². The minimum Gasteiger partial charge on any atom is -0.497 e. The third kappa shape index (κ3) is 4.84. The average molecular weight is 333 g/mol. The normalized spacial score (nSPS) is 17.2. The first kappa shape index (κ1) is 18.5. The molecule has 1 N–H and O–H groups in total. The van der Waals surface area contributed by atoms with Gasteiger partial charge in [0.05, 0.1) is 26.9 Å². The second-order valence-electron chi connectivity index (χ2n) is 6.11. The first-order valence-electron chi connectivity index (χ1n) is 8.24. The number of benzene rings is 1. The lowest BCUT2D eigenvalue weighted by Crippen LogP contribution is -2.53. The lowest BCUT2D eigenvalue weighted by atomic mass is 9.88. The molecule has 1 aromatic carbocycles. The molecule has 0 spiro atoms. The molecule has 2 rings (SSSR count). The van der Waals surface area contributed by atoms with Gasteiger partial charge in [0.1, 0.15) is 17.0 Å². The Balaban J connectivity index is 1.94. The van der Waals surface area contributed by atoms with Crippen LogP contribution in [0, 0.1) is 11.3 Å². The molecule has 1 aromatic rings. The third-order valence-corrected chi connectivity index (χ3v) is 4.51. The Morgan fingerprint density at radius 3 is 2.25 bits per heavy atom. The van der Waals surface area contributed by atoms with E-state index in [-0.39, 0.29) is 0 Å². The van der Waals surface area contributed by atoms with Gasteiger partial charge in [-0.2, -0.15) is 5.26 Å². The average Bonchev–Trinajstić information content (AvgIpc) is 2.63. The molecule has 0 bridgehead atoms. The molecule has 0 aromatic heterocycles. The monoisotopic (exact) mass is 333 g/mol. The number of hydrogen-bond acceptors (Lipinski definition) is 6. The largest absolute Gasteiger partial charge is 0.497 e. The predicted molar refractivity (Wildman–Crippen MR) is 92.3 cm³/mol. The molecule has 0 unspecified atom stereocenters. The quantitative estimate of drug-likeness (QED) is 0.732. The molecule has 0 atom stereocenters. The summed E-state index contributed by atoms with van der Waals surface area (Å²) in [5, 5.41) is 12.9. The fourth-order valence-electron chi connectivity index (χ4n) is 3.03. The maximum Gasteiger partial charge on any atom is 0.122 e. The fraction of sp³-hybridized carbons (Fsp3) is 0.611. The molecule has 6 nitrogen and oxygen atoms in total. The van der Waals surface area contributed by atoms with Crippen LogP contribution in [0.2, 0.25) is 0 Å². The van der Waals surface area contributed by atoms with Gasteiger partial charge in [-0.1, -0.05) is 0 Å². The zero-order chi connectivity index (χ0) is 17.4. The summed E-state index contributed by atoms with van der Waals surface area (Å²) in [6.45, 7) is 3.92. The summed E-state index contributed by atoms with van der Waals surface area (Å²) in [4.78, 5) is 2.36. The standard InChI is InChI=1S/C18H27N3O3/c1-22-9-6-20-18(14-19)4-7-21(8-5-18)13-15-10-16(23-2)12-17(11-15)24-3/h10-12,20H,4-9,13H2,1-3H3. The topological polar surface area (TPSA) is 66.8 Å². The molecule has 0 amide bonds. The van der Waals surface area contributed by atoms with Gasteiger partial charge in [-0.05, 0) is 30.5 Å². The van der Waals surface area contributed by atoms with E-state index >= 15 is 0 Å². The van der Waals surface area contributed by atoms with E-state index in [4.69, 9.17) is 14.2 Å². The predicted octanol–water partition coefficient (Wildman–Crippen LogP) is 1.80. The molecule has 24 heavy (non-hydrogen) atoms. The van der Waals surface area contributed by atoms with Crippen LogP contribution < -0.4 is 14.8 Å². The second kappa shape index (κ2) is 8.88. The van der Waals surface area contributed by atoms with E-state index in [0.29, 0.717) is 13.2 Å². The Kier molecular flexibility index (Phi) is 6.85. The lowest BCUT2D eigenvalue weighted by Gasteiger charge is -2.38. The molecule has 1 aliphatic rings. The molecule has 1 fully saturated rings. The highest BCUT2D eigenvalue weighted by molar-refractivity contribution is 5.38. The van der Waals surface area contributed by atoms with E-state index < -0.39 is 5.54 Å². The van der Waals surface area contributed by atoms with Gasteiger partial charge in [-0.25, -0.2) is 0 Å². The summed E-state index contributed by atoms with van der Waals surface area (Å²) >= 11 is 0. The van der Waals surface area contributed by atoms with Crippen molar-refractivity contribution in [3.63, 3.8) is 0 Å². The number of ether oxygens (including phenoxy) is 3. The van der Waals surface area contributed by atoms with Gasteiger partial charge in [-0.15, -0.1) is 0 Å². The van der Waals surface area contributed by atoms with Crippen molar-refractivity contribution < 1.29 is 14.2 Å². The number of nitriles is 1. The Bertz CT molecular complexity index is 541. The van der Waals surface area contributed by atoms with Gasteiger partial charge in [0.2, 0.25) is 0 Å². The third-order valence-electron chi connectivity index (χ3n) is 4.51. The summed E-state index contributed by atoms with van der Waals surface area (Å²) in [5.74, 6) is 1.60. The molecule has 0 aliphatic carbocycles. The van der Waals surface area contributed by atoms with Crippen LogP contribution >= 0.6 is 0 Å². The number of rotatable bonds is 8. The first-order chi connectivity index (χ1) is 11.6. The minimum absolute atomic E-state index is 0.429. The Hall–Kier alpha value is -1.81. The Morgan fingerprint density at radius 2 is 1.75 bits per heavy atom. The highest BCUT2D eigenvalue weighted by Gasteiger charge is 2.34. The van der Waals surface area contributed by atoms with Crippen molar-refractivity contribution in [3.8, 4) is 17.6 Å². The van der Waals surface area contributed by atoms with E-state index in [0.717, 1.165) is 49.5 Å². The summed E-state index contributed by atoms with van der Waals surface area (Å²) < 4.78 is 15.7. The number of nitrogens with zero attached hydrogens (tertiary/aromatic N) is 2. The van der Waals surface area contributed by atoms with Crippen molar-refractivity contribution in [3.05, 3.63) is 23.8 Å². The summed E-state index contributed by atoms with van der Waals surface area (Å²) in [7, 11) is 4.99. The number of piperidine rings is 1. The van der Waals surface area contributed by atoms with Gasteiger partial charge >= 0.3 is 0 Å². The van der Waals surface area contributed by atoms with Gasteiger partial charge < -0.3 is 14.2 Å². The van der Waals surface area contributed by atoms with Crippen LogP contribution in [0.15, 0.2) is 18.2 Å². The van der Waals surface area contributed by atoms with E-state index in [9.17, 15) is 5.26 Å². The number of likely N-dealkylation sites (tertiary alicyclic amines) is 1. The van der Waals surface area contributed by atoms with Crippen molar-refractivity contribution in [2.24, 2.45) is 0 Å². The van der Waals surface area contributed by atoms with Crippen LogP contribution in [0.4, 0.5) is 0 Å². The fourth-order valence-corrected chi connectivity index (χ4v) is 3.03. The summed E-state index contributed by atoms with van der Waals surface area (Å²) in [6.07, 6.45) is 1.63. The van der Waals surface area contributed by atoms with Crippen molar-refractivity contribution in [2.45, 2.75) is 24.9 Å². The Morgan fingerprint density at radius 1 is 1.12 bits per heavy atom. The first-order valence-corrected chi connectivity index (χ1v) is 8.24.